The first-order valence-electron chi connectivity index (χ1n) is 11.1. The highest BCUT2D eigenvalue weighted by Gasteiger charge is 2.40. The Morgan fingerprint density at radius 1 is 1.13 bits per heavy atom. The zero-order valence-electron chi connectivity index (χ0n) is 17.8. The smallest absolute Gasteiger partial charge is 0.131 e. The Kier molecular flexibility index (Phi) is 10.5. The van der Waals surface area contributed by atoms with E-state index in [1.54, 1.807) is 25.1 Å². The Labute approximate surface area is 179 Å². The van der Waals surface area contributed by atoms with Crippen molar-refractivity contribution < 1.29 is 24.5 Å². The molecule has 0 bridgehead atoms. The molecule has 2 rings (SSSR count). The van der Waals surface area contributed by atoms with Gasteiger partial charge in [-0.05, 0) is 69.1 Å². The minimum atomic E-state index is -0.731. The Morgan fingerprint density at radius 2 is 1.80 bits per heavy atom. The lowest BCUT2D eigenvalue weighted by molar-refractivity contribution is -0.117. The van der Waals surface area contributed by atoms with Crippen molar-refractivity contribution in [3.63, 3.8) is 0 Å². The van der Waals surface area contributed by atoms with Gasteiger partial charge in [0.15, 0.2) is 0 Å². The van der Waals surface area contributed by atoms with Crippen molar-refractivity contribution in [3.05, 3.63) is 47.5 Å². The highest BCUT2D eigenvalue weighted by atomic mass is 19.1. The van der Waals surface area contributed by atoms with Gasteiger partial charge in [0.1, 0.15) is 11.6 Å². The summed E-state index contributed by atoms with van der Waals surface area (Å²) in [6.45, 7) is 1.61. The summed E-state index contributed by atoms with van der Waals surface area (Å²) < 4.78 is 13.6. The minimum absolute atomic E-state index is 0.0317. The van der Waals surface area contributed by atoms with Crippen LogP contribution in [-0.4, -0.2) is 39.4 Å². The molecule has 1 fully saturated rings. The number of rotatable bonds is 12. The van der Waals surface area contributed by atoms with Gasteiger partial charge in [0.2, 0.25) is 0 Å². The SMILES string of the molecule is CC(=O)CCCCCC[C@@H]1[C@@H](CCC(O)C=C=Cc2ccccc2F)[C@H](O)C[C@@H]1O. The molecule has 1 aromatic rings. The normalized spacial score (nSPS) is 24.3. The van der Waals surface area contributed by atoms with Crippen LogP contribution >= 0.6 is 0 Å². The first kappa shape index (κ1) is 24.5. The average Bonchev–Trinajstić information content (AvgIpc) is 2.96. The lowest BCUT2D eigenvalue weighted by atomic mass is 9.85. The van der Waals surface area contributed by atoms with E-state index < -0.39 is 18.3 Å². The van der Waals surface area contributed by atoms with Crippen LogP contribution in [0.3, 0.4) is 0 Å². The fraction of sp³-hybridized carbons (Fsp3) is 0.600. The van der Waals surface area contributed by atoms with Crippen molar-refractivity contribution in [2.45, 2.75) is 83.0 Å². The van der Waals surface area contributed by atoms with Crippen molar-refractivity contribution in [1.82, 2.24) is 0 Å². The molecule has 166 valence electrons. The standard InChI is InChI=1S/C25H35FO4/c1-18(27)9-4-2-3-5-13-21-22(25(30)17-24(21)29)16-15-20(28)12-8-11-19-10-6-7-14-23(19)26/h6-7,10-12,14,20-22,24-25,28-30H,2-5,9,13,15-17H2,1H3/t8?,20?,21-,22-,24+,25-/m1/s1. The monoisotopic (exact) mass is 418 g/mol. The number of hydrogen-bond acceptors (Lipinski definition) is 4. The predicted octanol–water partition coefficient (Wildman–Crippen LogP) is 4.42. The van der Waals surface area contributed by atoms with Crippen LogP contribution < -0.4 is 0 Å². The first-order valence-corrected chi connectivity index (χ1v) is 11.1. The lowest BCUT2D eigenvalue weighted by Crippen LogP contribution is -2.23. The highest BCUT2D eigenvalue weighted by molar-refractivity contribution is 5.75. The number of carbonyl (C=O) groups is 1. The van der Waals surface area contributed by atoms with E-state index in [-0.39, 0.29) is 23.4 Å². The summed E-state index contributed by atoms with van der Waals surface area (Å²) in [6, 6.07) is 6.38. The molecule has 30 heavy (non-hydrogen) atoms. The predicted molar refractivity (Wildman–Crippen MR) is 116 cm³/mol. The average molecular weight is 419 g/mol. The van der Waals surface area contributed by atoms with Crippen LogP contribution in [0.5, 0.6) is 0 Å². The van der Waals surface area contributed by atoms with Crippen molar-refractivity contribution in [2.24, 2.45) is 11.8 Å². The quantitative estimate of drug-likeness (QED) is 0.347. The van der Waals surface area contributed by atoms with Crippen LogP contribution in [0.15, 0.2) is 36.1 Å². The first-order chi connectivity index (χ1) is 14.4. The lowest BCUT2D eigenvalue weighted by Gasteiger charge is -2.24. The molecule has 1 aliphatic carbocycles. The van der Waals surface area contributed by atoms with E-state index in [1.165, 1.54) is 18.2 Å². The van der Waals surface area contributed by atoms with E-state index in [9.17, 15) is 24.5 Å². The number of unbranched alkanes of at least 4 members (excludes halogenated alkanes) is 3. The zero-order chi connectivity index (χ0) is 21.9. The number of Topliss-reactive ketones (excluding diaryl/α,β-unsaturated/α-hetero) is 1. The van der Waals surface area contributed by atoms with E-state index in [1.807, 2.05) is 0 Å². The summed E-state index contributed by atoms with van der Waals surface area (Å²) in [5, 5.41) is 30.9. The second-order valence-electron chi connectivity index (χ2n) is 8.50. The largest absolute Gasteiger partial charge is 0.393 e. The Balaban J connectivity index is 1.79. The van der Waals surface area contributed by atoms with Gasteiger partial charge in [0.05, 0.1) is 18.3 Å². The third-order valence-corrected chi connectivity index (χ3v) is 6.07. The van der Waals surface area contributed by atoms with Crippen molar-refractivity contribution in [1.29, 1.82) is 0 Å². The molecule has 0 aliphatic heterocycles. The van der Waals surface area contributed by atoms with Gasteiger partial charge in [-0.25, -0.2) is 4.39 Å². The third kappa shape index (κ3) is 8.16. The number of benzene rings is 1. The van der Waals surface area contributed by atoms with E-state index >= 15 is 0 Å². The molecule has 1 aromatic carbocycles. The topological polar surface area (TPSA) is 77.8 Å². The molecule has 0 heterocycles. The second-order valence-corrected chi connectivity index (χ2v) is 8.50. The van der Waals surface area contributed by atoms with Crippen molar-refractivity contribution >= 4 is 11.9 Å². The van der Waals surface area contributed by atoms with E-state index in [0.29, 0.717) is 31.2 Å². The van der Waals surface area contributed by atoms with Gasteiger partial charge in [-0.15, -0.1) is 5.73 Å². The molecule has 5 heteroatoms. The fourth-order valence-electron chi connectivity index (χ4n) is 4.38. The number of halogens is 1. The molecule has 0 spiro atoms. The molecule has 5 atom stereocenters. The second kappa shape index (κ2) is 12.8. The van der Waals surface area contributed by atoms with Gasteiger partial charge in [0.25, 0.3) is 0 Å². The molecule has 0 aromatic heterocycles. The molecular formula is C25H35FO4. The van der Waals surface area contributed by atoms with Crippen LogP contribution in [-0.2, 0) is 4.79 Å². The molecule has 1 unspecified atom stereocenters. The van der Waals surface area contributed by atoms with E-state index in [2.05, 4.69) is 5.73 Å². The van der Waals surface area contributed by atoms with Crippen LogP contribution in [0.25, 0.3) is 6.08 Å². The number of ketones is 1. The molecule has 0 amide bonds. The Bertz CT molecular complexity index is 726. The Morgan fingerprint density at radius 3 is 2.50 bits per heavy atom. The van der Waals surface area contributed by atoms with Crippen molar-refractivity contribution in [3.8, 4) is 0 Å². The van der Waals surface area contributed by atoms with Gasteiger partial charge in [-0.2, -0.15) is 0 Å². The number of aliphatic hydroxyl groups excluding tert-OH is 3. The maximum absolute atomic E-state index is 13.6. The highest BCUT2D eigenvalue weighted by Crippen LogP contribution is 2.39. The summed E-state index contributed by atoms with van der Waals surface area (Å²) >= 11 is 0. The maximum Gasteiger partial charge on any atom is 0.131 e. The number of carbonyl (C=O) groups excluding carboxylic acids is 1. The van der Waals surface area contributed by atoms with Gasteiger partial charge in [0, 0.05) is 12.0 Å². The summed E-state index contributed by atoms with van der Waals surface area (Å²) in [5.74, 6) is -0.102. The molecule has 1 aliphatic rings. The fourth-order valence-corrected chi connectivity index (χ4v) is 4.38. The molecule has 3 N–H and O–H groups in total. The molecule has 1 saturated carbocycles. The molecule has 4 nitrogen and oxygen atoms in total. The summed E-state index contributed by atoms with van der Waals surface area (Å²) in [5.41, 5.74) is 3.25. The molecular weight excluding hydrogens is 383 g/mol. The summed E-state index contributed by atoms with van der Waals surface area (Å²) in [4.78, 5) is 11.0. The van der Waals surface area contributed by atoms with Gasteiger partial charge < -0.3 is 20.1 Å². The number of aliphatic hydroxyl groups is 3. The van der Waals surface area contributed by atoms with Gasteiger partial charge in [-0.1, -0.05) is 37.5 Å². The molecule has 0 radical (unpaired) electrons. The Hall–Kier alpha value is -1.78. The zero-order valence-corrected chi connectivity index (χ0v) is 17.8. The number of hydrogen-bond donors (Lipinski definition) is 3. The van der Waals surface area contributed by atoms with Gasteiger partial charge in [-0.3, -0.25) is 0 Å². The van der Waals surface area contributed by atoms with Crippen LogP contribution in [0.1, 0.15) is 70.3 Å². The summed E-state index contributed by atoms with van der Waals surface area (Å²) in [6.07, 6.45) is 8.08. The van der Waals surface area contributed by atoms with E-state index in [4.69, 9.17) is 0 Å². The van der Waals surface area contributed by atoms with Crippen molar-refractivity contribution in [2.75, 3.05) is 0 Å². The van der Waals surface area contributed by atoms with Gasteiger partial charge >= 0.3 is 0 Å². The molecule has 0 saturated heterocycles. The minimum Gasteiger partial charge on any atom is -0.393 e. The third-order valence-electron chi connectivity index (χ3n) is 6.07. The van der Waals surface area contributed by atoms with Crippen LogP contribution in [0, 0.1) is 17.7 Å². The van der Waals surface area contributed by atoms with Crippen LogP contribution in [0.2, 0.25) is 0 Å². The maximum atomic E-state index is 13.6. The summed E-state index contributed by atoms with van der Waals surface area (Å²) in [7, 11) is 0. The van der Waals surface area contributed by atoms with Crippen LogP contribution in [0.4, 0.5) is 4.39 Å². The van der Waals surface area contributed by atoms with E-state index in [0.717, 1.165) is 32.1 Å².